The first-order valence-corrected chi connectivity index (χ1v) is 5.83. The summed E-state index contributed by atoms with van der Waals surface area (Å²) in [4.78, 5) is 0. The summed E-state index contributed by atoms with van der Waals surface area (Å²) in [6.07, 6.45) is 2.03. The van der Waals surface area contributed by atoms with Gasteiger partial charge in [0.05, 0.1) is 12.8 Å². The van der Waals surface area contributed by atoms with Gasteiger partial charge in [0.1, 0.15) is 5.75 Å². The van der Waals surface area contributed by atoms with Crippen LogP contribution in [0.15, 0.2) is 12.1 Å². The van der Waals surface area contributed by atoms with Crippen molar-refractivity contribution in [2.45, 2.75) is 33.6 Å². The lowest BCUT2D eigenvalue weighted by Crippen LogP contribution is -2.07. The number of hydrogen-bond donors (Lipinski definition) is 1. The van der Waals surface area contributed by atoms with Crippen LogP contribution in [0.5, 0.6) is 5.75 Å². The first-order valence-electron chi connectivity index (χ1n) is 5.45. The summed E-state index contributed by atoms with van der Waals surface area (Å²) in [6, 6.07) is 3.70. The zero-order valence-electron chi connectivity index (χ0n) is 10.4. The number of nitrogen functional groups attached to an aromatic ring is 1. The number of nitrogens with two attached hydrogens (primary N) is 1. The fraction of sp³-hybridized carbons (Fsp3) is 0.538. The lowest BCUT2D eigenvalue weighted by molar-refractivity contribution is 0.377. The van der Waals surface area contributed by atoms with Gasteiger partial charge in [-0.05, 0) is 36.0 Å². The highest BCUT2D eigenvalue weighted by Crippen LogP contribution is 2.31. The molecule has 0 radical (unpaired) electrons. The van der Waals surface area contributed by atoms with E-state index in [9.17, 15) is 0 Å². The quantitative estimate of drug-likeness (QED) is 0.815. The molecule has 0 saturated heterocycles. The molecule has 1 aromatic rings. The maximum absolute atomic E-state index is 6.15. The molecule has 0 spiro atoms. The molecule has 1 aromatic carbocycles. The predicted octanol–water partition coefficient (Wildman–Crippen LogP) is 3.91. The van der Waals surface area contributed by atoms with Crippen molar-refractivity contribution in [2.24, 2.45) is 5.41 Å². The van der Waals surface area contributed by atoms with Gasteiger partial charge < -0.3 is 10.5 Å². The Hall–Kier alpha value is -0.890. The van der Waals surface area contributed by atoms with E-state index in [1.807, 2.05) is 6.07 Å². The van der Waals surface area contributed by atoms with E-state index in [4.69, 9.17) is 22.1 Å². The van der Waals surface area contributed by atoms with Gasteiger partial charge in [-0.3, -0.25) is 0 Å². The SMILES string of the molecule is COc1cc(CCC(C)(C)C)c(Cl)cc1N. The van der Waals surface area contributed by atoms with Gasteiger partial charge in [0.2, 0.25) is 0 Å². The number of methoxy groups -OCH3 is 1. The Labute approximate surface area is 103 Å². The molecule has 0 unspecified atom stereocenters. The van der Waals surface area contributed by atoms with Gasteiger partial charge in [-0.2, -0.15) is 0 Å². The summed E-state index contributed by atoms with van der Waals surface area (Å²) in [6.45, 7) is 6.65. The van der Waals surface area contributed by atoms with Crippen molar-refractivity contribution in [2.75, 3.05) is 12.8 Å². The number of aryl methyl sites for hydroxylation is 1. The molecular formula is C13H20ClNO. The Morgan fingerprint density at radius 3 is 2.44 bits per heavy atom. The second kappa shape index (κ2) is 4.96. The van der Waals surface area contributed by atoms with Crippen molar-refractivity contribution in [3.8, 4) is 5.75 Å². The van der Waals surface area contributed by atoms with Crippen molar-refractivity contribution in [1.29, 1.82) is 0 Å². The predicted molar refractivity (Wildman–Crippen MR) is 70.2 cm³/mol. The second-order valence-electron chi connectivity index (χ2n) is 5.25. The zero-order valence-corrected chi connectivity index (χ0v) is 11.2. The number of hydrogen-bond acceptors (Lipinski definition) is 2. The smallest absolute Gasteiger partial charge is 0.142 e. The van der Waals surface area contributed by atoms with Gasteiger partial charge >= 0.3 is 0 Å². The summed E-state index contributed by atoms with van der Waals surface area (Å²) in [5.41, 5.74) is 7.77. The first-order chi connectivity index (χ1) is 7.33. The molecule has 0 bridgehead atoms. The van der Waals surface area contributed by atoms with Gasteiger partial charge in [0.25, 0.3) is 0 Å². The lowest BCUT2D eigenvalue weighted by Gasteiger charge is -2.18. The average molecular weight is 242 g/mol. The molecule has 1 rings (SSSR count). The highest BCUT2D eigenvalue weighted by Gasteiger charge is 2.13. The maximum Gasteiger partial charge on any atom is 0.142 e. The van der Waals surface area contributed by atoms with E-state index >= 15 is 0 Å². The normalized spacial score (nSPS) is 11.6. The third kappa shape index (κ3) is 3.60. The molecular weight excluding hydrogens is 222 g/mol. The van der Waals surface area contributed by atoms with Crippen LogP contribution in [-0.4, -0.2) is 7.11 Å². The minimum atomic E-state index is 0.304. The Morgan fingerprint density at radius 2 is 1.94 bits per heavy atom. The van der Waals surface area contributed by atoms with Crippen LogP contribution < -0.4 is 10.5 Å². The molecule has 0 heterocycles. The van der Waals surface area contributed by atoms with Gasteiger partial charge in [0, 0.05) is 5.02 Å². The van der Waals surface area contributed by atoms with Gasteiger partial charge in [-0.15, -0.1) is 0 Å². The van der Waals surface area contributed by atoms with E-state index in [0.717, 1.165) is 23.4 Å². The monoisotopic (exact) mass is 241 g/mol. The molecule has 0 aliphatic rings. The third-order valence-corrected chi connectivity index (χ3v) is 2.89. The molecule has 0 aliphatic carbocycles. The highest BCUT2D eigenvalue weighted by molar-refractivity contribution is 6.31. The van der Waals surface area contributed by atoms with E-state index in [0.29, 0.717) is 16.9 Å². The average Bonchev–Trinajstić information content (AvgIpc) is 2.15. The number of rotatable bonds is 3. The summed E-state index contributed by atoms with van der Waals surface area (Å²) in [5.74, 6) is 0.702. The van der Waals surface area contributed by atoms with Crippen molar-refractivity contribution in [3.05, 3.63) is 22.7 Å². The molecule has 2 N–H and O–H groups in total. The molecule has 90 valence electrons. The minimum Gasteiger partial charge on any atom is -0.495 e. The molecule has 3 heteroatoms. The second-order valence-corrected chi connectivity index (χ2v) is 5.65. The van der Waals surface area contributed by atoms with Crippen LogP contribution in [0.1, 0.15) is 32.8 Å². The summed E-state index contributed by atoms with van der Waals surface area (Å²) in [5, 5.41) is 0.725. The molecule has 0 saturated carbocycles. The highest BCUT2D eigenvalue weighted by atomic mass is 35.5. The minimum absolute atomic E-state index is 0.304. The van der Waals surface area contributed by atoms with Crippen LogP contribution in [0.3, 0.4) is 0 Å². The van der Waals surface area contributed by atoms with Crippen LogP contribution in [0, 0.1) is 5.41 Å². The Kier molecular flexibility index (Phi) is 4.09. The van der Waals surface area contributed by atoms with Crippen molar-refractivity contribution < 1.29 is 4.74 Å². The molecule has 0 amide bonds. The van der Waals surface area contributed by atoms with Crippen LogP contribution >= 0.6 is 11.6 Å². The van der Waals surface area contributed by atoms with Crippen LogP contribution in [-0.2, 0) is 6.42 Å². The van der Waals surface area contributed by atoms with Crippen molar-refractivity contribution in [1.82, 2.24) is 0 Å². The van der Waals surface area contributed by atoms with Crippen LogP contribution in [0.2, 0.25) is 5.02 Å². The molecule has 2 nitrogen and oxygen atoms in total. The van der Waals surface area contributed by atoms with E-state index in [1.54, 1.807) is 13.2 Å². The summed E-state index contributed by atoms with van der Waals surface area (Å²) >= 11 is 6.15. The lowest BCUT2D eigenvalue weighted by atomic mass is 9.88. The summed E-state index contributed by atoms with van der Waals surface area (Å²) in [7, 11) is 1.62. The van der Waals surface area contributed by atoms with Gasteiger partial charge in [-0.25, -0.2) is 0 Å². The molecule has 0 atom stereocenters. The van der Waals surface area contributed by atoms with Crippen LogP contribution in [0.25, 0.3) is 0 Å². The fourth-order valence-electron chi connectivity index (χ4n) is 1.49. The molecule has 0 aromatic heterocycles. The zero-order chi connectivity index (χ0) is 12.3. The molecule has 0 fully saturated rings. The van der Waals surface area contributed by atoms with E-state index in [1.165, 1.54) is 0 Å². The van der Waals surface area contributed by atoms with Gasteiger partial charge in [-0.1, -0.05) is 32.4 Å². The Balaban J connectivity index is 2.88. The largest absolute Gasteiger partial charge is 0.495 e. The third-order valence-electron chi connectivity index (χ3n) is 2.54. The Bertz CT molecular complexity index is 369. The topological polar surface area (TPSA) is 35.2 Å². The van der Waals surface area contributed by atoms with Crippen molar-refractivity contribution >= 4 is 17.3 Å². The number of anilines is 1. The van der Waals surface area contributed by atoms with Gasteiger partial charge in [0.15, 0.2) is 0 Å². The standard InChI is InChI=1S/C13H20ClNO/c1-13(2,3)6-5-9-7-12(16-4)11(15)8-10(9)14/h7-8H,5-6,15H2,1-4H3. The van der Waals surface area contributed by atoms with E-state index in [-0.39, 0.29) is 0 Å². The Morgan fingerprint density at radius 1 is 1.31 bits per heavy atom. The first kappa shape index (κ1) is 13.2. The number of halogens is 1. The fourth-order valence-corrected chi connectivity index (χ4v) is 1.76. The molecule has 0 aliphatic heterocycles. The maximum atomic E-state index is 6.15. The van der Waals surface area contributed by atoms with Crippen molar-refractivity contribution in [3.63, 3.8) is 0 Å². The number of benzene rings is 1. The molecule has 16 heavy (non-hydrogen) atoms. The van der Waals surface area contributed by atoms with E-state index in [2.05, 4.69) is 20.8 Å². The van der Waals surface area contributed by atoms with E-state index < -0.39 is 0 Å². The number of ether oxygens (including phenoxy) is 1. The van der Waals surface area contributed by atoms with Crippen LogP contribution in [0.4, 0.5) is 5.69 Å². The summed E-state index contributed by atoms with van der Waals surface area (Å²) < 4.78 is 5.19.